The van der Waals surface area contributed by atoms with Gasteiger partial charge >= 0.3 is 0 Å². The highest BCUT2D eigenvalue weighted by atomic mass is 79.9. The number of hydrogen-bond acceptors (Lipinski definition) is 2. The zero-order valence-electron chi connectivity index (χ0n) is 8.74. The monoisotopic (exact) mass is 286 g/mol. The maximum atomic E-state index is 10.3. The minimum absolute atomic E-state index is 0.222. The van der Waals surface area contributed by atoms with Crippen LogP contribution in [0.4, 0.5) is 0 Å². The molecule has 1 heterocycles. The predicted octanol–water partition coefficient (Wildman–Crippen LogP) is 3.90. The minimum Gasteiger partial charge on any atom is -0.388 e. The van der Waals surface area contributed by atoms with E-state index in [1.807, 2.05) is 0 Å². The summed E-state index contributed by atoms with van der Waals surface area (Å²) in [6, 6.07) is 2.09. The van der Waals surface area contributed by atoms with Crippen molar-refractivity contribution in [2.24, 2.45) is 17.8 Å². The predicted molar refractivity (Wildman–Crippen MR) is 66.0 cm³/mol. The first-order chi connectivity index (χ1) is 7.15. The van der Waals surface area contributed by atoms with Crippen LogP contribution in [0, 0.1) is 24.7 Å². The van der Waals surface area contributed by atoms with Gasteiger partial charge in [-0.1, -0.05) is 0 Å². The molecule has 1 aromatic heterocycles. The number of aliphatic hydroxyl groups is 1. The summed E-state index contributed by atoms with van der Waals surface area (Å²) < 4.78 is 1.14. The Morgan fingerprint density at radius 3 is 2.60 bits per heavy atom. The summed E-state index contributed by atoms with van der Waals surface area (Å²) in [4.78, 5) is 1.26. The lowest BCUT2D eigenvalue weighted by Crippen LogP contribution is -2.10. The average Bonchev–Trinajstić information content (AvgIpc) is 2.65. The molecule has 2 aliphatic rings. The summed E-state index contributed by atoms with van der Waals surface area (Å²) in [5.41, 5.74) is 1.15. The van der Waals surface area contributed by atoms with Gasteiger partial charge in [-0.15, -0.1) is 11.3 Å². The molecule has 0 radical (unpaired) electrons. The van der Waals surface area contributed by atoms with Crippen molar-refractivity contribution in [2.45, 2.75) is 32.3 Å². The van der Waals surface area contributed by atoms with Crippen LogP contribution in [0.2, 0.25) is 0 Å². The molecule has 1 N–H and O–H groups in total. The van der Waals surface area contributed by atoms with Crippen LogP contribution in [0.25, 0.3) is 0 Å². The first-order valence-electron chi connectivity index (χ1n) is 5.59. The molecule has 2 aliphatic carbocycles. The highest BCUT2D eigenvalue weighted by molar-refractivity contribution is 9.11. The SMILES string of the molecule is Cc1sc(Br)cc1C(O)C1CC2CC2C1. The maximum Gasteiger partial charge on any atom is 0.0829 e. The van der Waals surface area contributed by atoms with Crippen molar-refractivity contribution in [3.05, 3.63) is 20.3 Å². The maximum absolute atomic E-state index is 10.3. The third-order valence-corrected chi connectivity index (χ3v) is 5.54. The van der Waals surface area contributed by atoms with Gasteiger partial charge in [0.2, 0.25) is 0 Å². The molecule has 3 atom stereocenters. The number of thiophene rings is 1. The Hall–Kier alpha value is 0.140. The Labute approximate surface area is 103 Å². The van der Waals surface area contributed by atoms with Gasteiger partial charge in [0.1, 0.15) is 0 Å². The summed E-state index contributed by atoms with van der Waals surface area (Å²) in [5.74, 6) is 2.42. The zero-order chi connectivity index (χ0) is 10.6. The molecule has 3 rings (SSSR count). The minimum atomic E-state index is -0.222. The second-order valence-electron chi connectivity index (χ2n) is 4.99. The number of aliphatic hydroxyl groups excluding tert-OH is 1. The second kappa shape index (κ2) is 3.57. The van der Waals surface area contributed by atoms with Crippen molar-refractivity contribution < 1.29 is 5.11 Å². The van der Waals surface area contributed by atoms with Gasteiger partial charge in [0.05, 0.1) is 9.89 Å². The van der Waals surface area contributed by atoms with Crippen LogP contribution in [-0.2, 0) is 0 Å². The van der Waals surface area contributed by atoms with Crippen LogP contribution in [0.5, 0.6) is 0 Å². The Bertz CT molecular complexity index is 377. The quantitative estimate of drug-likeness (QED) is 0.874. The van der Waals surface area contributed by atoms with Gasteiger partial charge in [-0.3, -0.25) is 0 Å². The lowest BCUT2D eigenvalue weighted by molar-refractivity contribution is 0.104. The molecule has 1 aromatic rings. The smallest absolute Gasteiger partial charge is 0.0829 e. The average molecular weight is 287 g/mol. The first-order valence-corrected chi connectivity index (χ1v) is 7.20. The molecule has 2 saturated carbocycles. The van der Waals surface area contributed by atoms with Gasteiger partial charge in [-0.05, 0) is 71.5 Å². The van der Waals surface area contributed by atoms with Crippen molar-refractivity contribution >= 4 is 27.3 Å². The van der Waals surface area contributed by atoms with Gasteiger partial charge in [0.25, 0.3) is 0 Å². The molecule has 0 bridgehead atoms. The number of rotatable bonds is 2. The molecule has 1 nitrogen and oxygen atoms in total. The van der Waals surface area contributed by atoms with Crippen molar-refractivity contribution in [1.29, 1.82) is 0 Å². The van der Waals surface area contributed by atoms with Crippen molar-refractivity contribution in [2.75, 3.05) is 0 Å². The number of aryl methyl sites for hydroxylation is 1. The fraction of sp³-hybridized carbons (Fsp3) is 0.667. The molecule has 0 aromatic carbocycles. The molecule has 82 valence electrons. The molecular formula is C12H15BrOS. The zero-order valence-corrected chi connectivity index (χ0v) is 11.1. The molecule has 3 unspecified atom stereocenters. The first kappa shape index (κ1) is 10.3. The van der Waals surface area contributed by atoms with E-state index < -0.39 is 0 Å². The van der Waals surface area contributed by atoms with E-state index in [9.17, 15) is 5.11 Å². The topological polar surface area (TPSA) is 20.2 Å². The number of halogens is 1. The van der Waals surface area contributed by atoms with Crippen LogP contribution in [-0.4, -0.2) is 5.11 Å². The lowest BCUT2D eigenvalue weighted by atomic mass is 9.92. The van der Waals surface area contributed by atoms with Crippen molar-refractivity contribution in [3.63, 3.8) is 0 Å². The standard InChI is InChI=1S/C12H15BrOS/c1-6-10(5-11(13)15-6)12(14)9-3-7-2-8(7)4-9/h5,7-9,12,14H,2-4H2,1H3. The second-order valence-corrected chi connectivity index (χ2v) is 7.63. The van der Waals surface area contributed by atoms with Crippen LogP contribution >= 0.6 is 27.3 Å². The van der Waals surface area contributed by atoms with E-state index in [1.54, 1.807) is 11.3 Å². The Balaban J connectivity index is 1.78. The Morgan fingerprint density at radius 1 is 1.40 bits per heavy atom. The summed E-state index contributed by atoms with van der Waals surface area (Å²) >= 11 is 5.21. The van der Waals surface area contributed by atoms with E-state index in [2.05, 4.69) is 28.9 Å². The molecule has 0 spiro atoms. The highest BCUT2D eigenvalue weighted by Crippen LogP contribution is 2.57. The summed E-state index contributed by atoms with van der Waals surface area (Å²) in [7, 11) is 0. The Morgan fingerprint density at radius 2 is 2.07 bits per heavy atom. The van der Waals surface area contributed by atoms with Gasteiger partial charge < -0.3 is 5.11 Å². The number of hydrogen-bond donors (Lipinski definition) is 1. The summed E-state index contributed by atoms with van der Waals surface area (Å²) in [5, 5.41) is 10.3. The van der Waals surface area contributed by atoms with Gasteiger partial charge in [-0.25, -0.2) is 0 Å². The summed E-state index contributed by atoms with van der Waals surface area (Å²) in [6.07, 6.45) is 3.70. The molecular weight excluding hydrogens is 272 g/mol. The van der Waals surface area contributed by atoms with E-state index in [0.717, 1.165) is 21.2 Å². The van der Waals surface area contributed by atoms with E-state index in [-0.39, 0.29) is 6.10 Å². The largest absolute Gasteiger partial charge is 0.388 e. The fourth-order valence-corrected chi connectivity index (χ4v) is 4.78. The van der Waals surface area contributed by atoms with E-state index in [1.165, 1.54) is 24.1 Å². The van der Waals surface area contributed by atoms with Crippen LogP contribution < -0.4 is 0 Å². The third-order valence-electron chi connectivity index (χ3n) is 3.97. The normalized spacial score (nSPS) is 35.3. The van der Waals surface area contributed by atoms with Gasteiger partial charge in [0.15, 0.2) is 0 Å². The van der Waals surface area contributed by atoms with Crippen LogP contribution in [0.15, 0.2) is 9.85 Å². The fourth-order valence-electron chi connectivity index (χ4n) is 3.03. The van der Waals surface area contributed by atoms with Gasteiger partial charge in [-0.2, -0.15) is 0 Å². The molecule has 3 heteroatoms. The molecule has 15 heavy (non-hydrogen) atoms. The third kappa shape index (κ3) is 1.79. The summed E-state index contributed by atoms with van der Waals surface area (Å²) in [6.45, 7) is 2.10. The number of fused-ring (bicyclic) bond motifs is 1. The van der Waals surface area contributed by atoms with E-state index in [4.69, 9.17) is 0 Å². The van der Waals surface area contributed by atoms with Crippen molar-refractivity contribution in [1.82, 2.24) is 0 Å². The highest BCUT2D eigenvalue weighted by Gasteiger charge is 2.48. The van der Waals surface area contributed by atoms with E-state index in [0.29, 0.717) is 5.92 Å². The molecule has 2 fully saturated rings. The van der Waals surface area contributed by atoms with E-state index >= 15 is 0 Å². The van der Waals surface area contributed by atoms with Crippen LogP contribution in [0.3, 0.4) is 0 Å². The lowest BCUT2D eigenvalue weighted by Gasteiger charge is -2.19. The van der Waals surface area contributed by atoms with Crippen molar-refractivity contribution in [3.8, 4) is 0 Å². The molecule has 0 amide bonds. The molecule has 0 saturated heterocycles. The van der Waals surface area contributed by atoms with Crippen LogP contribution in [0.1, 0.15) is 35.8 Å². The van der Waals surface area contributed by atoms with Gasteiger partial charge in [0, 0.05) is 4.88 Å². The molecule has 0 aliphatic heterocycles. The Kier molecular flexibility index (Phi) is 2.45.